The highest BCUT2D eigenvalue weighted by atomic mass is 16.7. The zero-order valence-corrected chi connectivity index (χ0v) is 13.6. The fraction of sp³-hybridized carbons (Fsp3) is 0.533. The molecule has 0 spiro atoms. The van der Waals surface area contributed by atoms with Crippen LogP contribution in [0.2, 0.25) is 0 Å². The second kappa shape index (κ2) is 6.41. The lowest BCUT2D eigenvalue weighted by Crippen LogP contribution is -2.41. The molecule has 2 rings (SSSR count). The summed E-state index contributed by atoms with van der Waals surface area (Å²) in [6.07, 6.45) is 1.45. The van der Waals surface area contributed by atoms with Crippen molar-refractivity contribution in [2.45, 2.75) is 38.8 Å². The van der Waals surface area contributed by atoms with Gasteiger partial charge in [0.1, 0.15) is 5.69 Å². The maximum absolute atomic E-state index is 11.3. The van der Waals surface area contributed by atoms with Crippen LogP contribution in [0.25, 0.3) is 0 Å². The lowest BCUT2D eigenvalue weighted by molar-refractivity contribution is -0.383. The van der Waals surface area contributed by atoms with Gasteiger partial charge < -0.3 is 10.6 Å². The summed E-state index contributed by atoms with van der Waals surface area (Å²) in [4.78, 5) is 29.3. The van der Waals surface area contributed by atoms with Crippen molar-refractivity contribution in [2.75, 3.05) is 23.7 Å². The van der Waals surface area contributed by atoms with Crippen LogP contribution in [0, 0.1) is 10.1 Å². The SMILES string of the molecule is CC(C)(C)ON(C=O)C1CCN(c2ccc([N+](=O)[O-])c(N)c2)C1. The number of nitro benzene ring substituents is 1. The molecule has 1 aliphatic heterocycles. The maximum Gasteiger partial charge on any atom is 0.292 e. The van der Waals surface area contributed by atoms with Crippen LogP contribution in [-0.2, 0) is 9.63 Å². The number of nitrogens with two attached hydrogens (primary N) is 1. The number of hydrogen-bond donors (Lipinski definition) is 1. The molecule has 126 valence electrons. The monoisotopic (exact) mass is 322 g/mol. The third kappa shape index (κ3) is 4.10. The van der Waals surface area contributed by atoms with Crippen LogP contribution in [0.3, 0.4) is 0 Å². The van der Waals surface area contributed by atoms with Crippen LogP contribution in [0.15, 0.2) is 18.2 Å². The van der Waals surface area contributed by atoms with Crippen LogP contribution in [-0.4, -0.2) is 41.1 Å². The highest BCUT2D eigenvalue weighted by Gasteiger charge is 2.31. The van der Waals surface area contributed by atoms with E-state index >= 15 is 0 Å². The molecule has 23 heavy (non-hydrogen) atoms. The summed E-state index contributed by atoms with van der Waals surface area (Å²) in [7, 11) is 0. The molecule has 1 amide bonds. The Hall–Kier alpha value is -2.35. The predicted octanol–water partition coefficient (Wildman–Crippen LogP) is 1.94. The smallest absolute Gasteiger partial charge is 0.292 e. The zero-order valence-electron chi connectivity index (χ0n) is 13.6. The van der Waals surface area contributed by atoms with Crippen molar-refractivity contribution in [3.63, 3.8) is 0 Å². The number of amides is 1. The normalized spacial score (nSPS) is 18.0. The summed E-state index contributed by atoms with van der Waals surface area (Å²) in [5.74, 6) is 0. The lowest BCUT2D eigenvalue weighted by atomic mass is 10.2. The Balaban J connectivity index is 2.09. The second-order valence-corrected chi connectivity index (χ2v) is 6.56. The van der Waals surface area contributed by atoms with E-state index in [0.717, 1.165) is 18.7 Å². The minimum atomic E-state index is -0.503. The summed E-state index contributed by atoms with van der Waals surface area (Å²) >= 11 is 0. The average molecular weight is 322 g/mol. The van der Waals surface area contributed by atoms with Crippen LogP contribution in [0.5, 0.6) is 0 Å². The number of nitrogens with zero attached hydrogens (tertiary/aromatic N) is 3. The highest BCUT2D eigenvalue weighted by Crippen LogP contribution is 2.30. The van der Waals surface area contributed by atoms with E-state index in [-0.39, 0.29) is 17.4 Å². The van der Waals surface area contributed by atoms with Gasteiger partial charge >= 0.3 is 0 Å². The van der Waals surface area contributed by atoms with Crippen molar-refractivity contribution in [3.8, 4) is 0 Å². The van der Waals surface area contributed by atoms with E-state index in [2.05, 4.69) is 0 Å². The first-order valence-corrected chi connectivity index (χ1v) is 7.43. The first kappa shape index (κ1) is 17.0. The summed E-state index contributed by atoms with van der Waals surface area (Å²) < 4.78 is 0. The summed E-state index contributed by atoms with van der Waals surface area (Å²) in [5, 5.41) is 12.2. The largest absolute Gasteiger partial charge is 0.393 e. The molecule has 0 aromatic heterocycles. The molecule has 0 radical (unpaired) electrons. The van der Waals surface area contributed by atoms with Gasteiger partial charge in [0.25, 0.3) is 5.69 Å². The van der Waals surface area contributed by atoms with Gasteiger partial charge in [-0.15, -0.1) is 0 Å². The topological polar surface area (TPSA) is 102 Å². The second-order valence-electron chi connectivity index (χ2n) is 6.56. The molecular weight excluding hydrogens is 300 g/mol. The number of nitro groups is 1. The average Bonchev–Trinajstić information content (AvgIpc) is 2.93. The minimum absolute atomic E-state index is 0.0665. The molecule has 1 aromatic rings. The van der Waals surface area contributed by atoms with Crippen molar-refractivity contribution in [1.82, 2.24) is 5.06 Å². The van der Waals surface area contributed by atoms with Gasteiger partial charge in [0.2, 0.25) is 6.41 Å². The molecule has 8 nitrogen and oxygen atoms in total. The Morgan fingerprint density at radius 1 is 1.48 bits per heavy atom. The van der Waals surface area contributed by atoms with Crippen molar-refractivity contribution < 1.29 is 14.6 Å². The molecule has 1 heterocycles. The van der Waals surface area contributed by atoms with E-state index in [1.807, 2.05) is 25.7 Å². The van der Waals surface area contributed by atoms with E-state index in [1.54, 1.807) is 12.1 Å². The van der Waals surface area contributed by atoms with Crippen molar-refractivity contribution in [2.24, 2.45) is 0 Å². The van der Waals surface area contributed by atoms with E-state index in [0.29, 0.717) is 13.0 Å². The van der Waals surface area contributed by atoms with Gasteiger partial charge in [0, 0.05) is 24.8 Å². The van der Waals surface area contributed by atoms with Gasteiger partial charge in [-0.2, -0.15) is 0 Å². The first-order valence-electron chi connectivity index (χ1n) is 7.43. The Morgan fingerprint density at radius 3 is 2.70 bits per heavy atom. The van der Waals surface area contributed by atoms with Gasteiger partial charge in [-0.1, -0.05) is 0 Å². The molecule has 0 bridgehead atoms. The molecule has 1 aromatic carbocycles. The van der Waals surface area contributed by atoms with Gasteiger partial charge in [-0.3, -0.25) is 19.7 Å². The molecule has 1 unspecified atom stereocenters. The van der Waals surface area contributed by atoms with E-state index in [1.165, 1.54) is 11.1 Å². The standard InChI is InChI=1S/C15H22N4O4/c1-15(2,3)23-18(10-20)12-6-7-17(9-12)11-4-5-14(19(21)22)13(16)8-11/h4-5,8,10,12H,6-7,9,16H2,1-3H3. The van der Waals surface area contributed by atoms with Crippen molar-refractivity contribution in [1.29, 1.82) is 0 Å². The minimum Gasteiger partial charge on any atom is -0.393 e. The number of benzene rings is 1. The quantitative estimate of drug-likeness (QED) is 0.385. The summed E-state index contributed by atoms with van der Waals surface area (Å²) in [6, 6.07) is 4.60. The first-order chi connectivity index (χ1) is 10.7. The number of hydroxylamine groups is 2. The van der Waals surface area contributed by atoms with Crippen LogP contribution in [0.1, 0.15) is 27.2 Å². The molecule has 1 aliphatic rings. The van der Waals surface area contributed by atoms with Crippen molar-refractivity contribution >= 4 is 23.5 Å². The Morgan fingerprint density at radius 2 is 2.17 bits per heavy atom. The molecule has 1 atom stereocenters. The van der Waals surface area contributed by atoms with Crippen LogP contribution in [0.4, 0.5) is 17.1 Å². The molecule has 1 fully saturated rings. The van der Waals surface area contributed by atoms with E-state index in [9.17, 15) is 14.9 Å². The van der Waals surface area contributed by atoms with Crippen molar-refractivity contribution in [3.05, 3.63) is 28.3 Å². The fourth-order valence-electron chi connectivity index (χ4n) is 2.59. The molecule has 0 saturated carbocycles. The molecular formula is C15H22N4O4. The van der Waals surface area contributed by atoms with Gasteiger partial charge in [0.15, 0.2) is 0 Å². The number of nitrogen functional groups attached to an aromatic ring is 1. The lowest BCUT2D eigenvalue weighted by Gasteiger charge is -2.31. The summed E-state index contributed by atoms with van der Waals surface area (Å²) in [6.45, 7) is 6.96. The van der Waals surface area contributed by atoms with Gasteiger partial charge in [-0.05, 0) is 39.3 Å². The Kier molecular flexibility index (Phi) is 4.74. The number of carbonyl (C=O) groups excluding carboxylic acids is 1. The summed E-state index contributed by atoms with van der Waals surface area (Å²) in [5.41, 5.74) is 6.12. The fourth-order valence-corrected chi connectivity index (χ4v) is 2.59. The number of rotatable bonds is 5. The highest BCUT2D eigenvalue weighted by molar-refractivity contribution is 5.67. The van der Waals surface area contributed by atoms with E-state index < -0.39 is 10.5 Å². The molecule has 0 aliphatic carbocycles. The maximum atomic E-state index is 11.3. The number of anilines is 2. The van der Waals surface area contributed by atoms with E-state index in [4.69, 9.17) is 10.6 Å². The van der Waals surface area contributed by atoms with Crippen LogP contribution >= 0.6 is 0 Å². The number of carbonyl (C=O) groups is 1. The van der Waals surface area contributed by atoms with Gasteiger partial charge in [-0.25, -0.2) is 5.06 Å². The molecule has 1 saturated heterocycles. The molecule has 8 heteroatoms. The van der Waals surface area contributed by atoms with Gasteiger partial charge in [0.05, 0.1) is 16.6 Å². The predicted molar refractivity (Wildman–Crippen MR) is 86.9 cm³/mol. The molecule has 2 N–H and O–H groups in total. The Bertz CT molecular complexity index is 600. The van der Waals surface area contributed by atoms with Crippen LogP contribution < -0.4 is 10.6 Å². The Labute approximate surface area is 134 Å². The third-order valence-electron chi connectivity index (χ3n) is 3.58. The zero-order chi connectivity index (χ0) is 17.2. The third-order valence-corrected chi connectivity index (χ3v) is 3.58. The number of hydrogen-bond acceptors (Lipinski definition) is 6.